The normalized spacial score (nSPS) is 10.6. The van der Waals surface area contributed by atoms with Gasteiger partial charge in [0.25, 0.3) is 5.91 Å². The molecule has 5 heteroatoms. The Morgan fingerprint density at radius 3 is 2.38 bits per heavy atom. The van der Waals surface area contributed by atoms with Crippen molar-refractivity contribution in [2.75, 3.05) is 12.3 Å². The van der Waals surface area contributed by atoms with Crippen LogP contribution in [0.25, 0.3) is 0 Å². The highest BCUT2D eigenvalue weighted by Gasteiger charge is 2.07. The molecule has 0 saturated heterocycles. The number of pyridine rings is 1. The van der Waals surface area contributed by atoms with Crippen molar-refractivity contribution in [3.63, 3.8) is 0 Å². The second-order valence-electron chi connectivity index (χ2n) is 5.33. The van der Waals surface area contributed by atoms with E-state index in [1.165, 1.54) is 50.7 Å². The fourth-order valence-electron chi connectivity index (χ4n) is 2.21. The Balaban J connectivity index is 2.11. The lowest BCUT2D eigenvalue weighted by molar-refractivity contribution is 0.0953. The first-order valence-corrected chi connectivity index (χ1v) is 8.22. The standard InChI is InChI=1S/C16H26ClN3O/c1-2-3-4-5-6-7-8-9-10-19-16(21)13-11-14(17)20-15(18)12-13/h11-12H,2-10H2,1H3,(H2,18,20)(H,19,21). The lowest BCUT2D eigenvalue weighted by atomic mass is 10.1. The van der Waals surface area contributed by atoms with Crippen LogP contribution >= 0.6 is 11.6 Å². The van der Waals surface area contributed by atoms with E-state index in [-0.39, 0.29) is 16.9 Å². The third kappa shape index (κ3) is 7.90. The zero-order valence-corrected chi connectivity index (χ0v) is 13.6. The molecule has 0 aliphatic heterocycles. The van der Waals surface area contributed by atoms with Crippen molar-refractivity contribution in [2.24, 2.45) is 0 Å². The van der Waals surface area contributed by atoms with Gasteiger partial charge in [0.1, 0.15) is 11.0 Å². The first-order chi connectivity index (χ1) is 10.1. The van der Waals surface area contributed by atoms with E-state index in [1.54, 1.807) is 0 Å². The number of nitrogens with two attached hydrogens (primary N) is 1. The van der Waals surface area contributed by atoms with Gasteiger partial charge in [-0.2, -0.15) is 0 Å². The van der Waals surface area contributed by atoms with E-state index in [0.29, 0.717) is 12.1 Å². The number of nitrogen functional groups attached to an aromatic ring is 1. The van der Waals surface area contributed by atoms with Crippen LogP contribution in [0.3, 0.4) is 0 Å². The molecular weight excluding hydrogens is 286 g/mol. The highest BCUT2D eigenvalue weighted by Crippen LogP contribution is 2.12. The van der Waals surface area contributed by atoms with E-state index in [9.17, 15) is 4.79 Å². The van der Waals surface area contributed by atoms with Gasteiger partial charge in [-0.25, -0.2) is 4.98 Å². The molecule has 0 fully saturated rings. The second-order valence-corrected chi connectivity index (χ2v) is 5.72. The highest BCUT2D eigenvalue weighted by atomic mass is 35.5. The summed E-state index contributed by atoms with van der Waals surface area (Å²) in [6.45, 7) is 2.92. The molecule has 0 atom stereocenters. The maximum absolute atomic E-state index is 11.9. The molecule has 0 aliphatic rings. The number of nitrogens with one attached hydrogen (secondary N) is 1. The third-order valence-electron chi connectivity index (χ3n) is 3.39. The molecule has 3 N–H and O–H groups in total. The quantitative estimate of drug-likeness (QED) is 0.503. The Bertz CT molecular complexity index is 417. The van der Waals surface area contributed by atoms with Crippen molar-refractivity contribution in [1.82, 2.24) is 10.3 Å². The number of halogens is 1. The Morgan fingerprint density at radius 1 is 1.14 bits per heavy atom. The van der Waals surface area contributed by atoms with Gasteiger partial charge >= 0.3 is 0 Å². The second kappa shape index (κ2) is 10.4. The molecule has 1 aromatic rings. The van der Waals surface area contributed by atoms with Crippen molar-refractivity contribution in [3.05, 3.63) is 22.8 Å². The van der Waals surface area contributed by atoms with Crippen LogP contribution in [0.5, 0.6) is 0 Å². The highest BCUT2D eigenvalue weighted by molar-refractivity contribution is 6.29. The van der Waals surface area contributed by atoms with Crippen molar-refractivity contribution >= 4 is 23.3 Å². The Hall–Kier alpha value is -1.29. The zero-order chi connectivity index (χ0) is 15.5. The monoisotopic (exact) mass is 311 g/mol. The molecule has 0 unspecified atom stereocenters. The topological polar surface area (TPSA) is 68.0 Å². The number of unbranched alkanes of at least 4 members (excludes halogenated alkanes) is 7. The SMILES string of the molecule is CCCCCCCCCCNC(=O)c1cc(N)nc(Cl)c1. The van der Waals surface area contributed by atoms with E-state index in [2.05, 4.69) is 17.2 Å². The molecule has 0 spiro atoms. The summed E-state index contributed by atoms with van der Waals surface area (Å²) in [6.07, 6.45) is 10.0. The minimum atomic E-state index is -0.144. The lowest BCUT2D eigenvalue weighted by Gasteiger charge is -2.06. The zero-order valence-electron chi connectivity index (χ0n) is 12.8. The van der Waals surface area contributed by atoms with Crippen molar-refractivity contribution in [2.45, 2.75) is 58.3 Å². The minimum absolute atomic E-state index is 0.144. The van der Waals surface area contributed by atoms with Gasteiger partial charge in [0.2, 0.25) is 0 Å². The van der Waals surface area contributed by atoms with Crippen LogP contribution in [0.4, 0.5) is 5.82 Å². The summed E-state index contributed by atoms with van der Waals surface area (Å²) >= 11 is 5.78. The number of hydrogen-bond donors (Lipinski definition) is 2. The van der Waals surface area contributed by atoms with Crippen LogP contribution < -0.4 is 11.1 Å². The van der Waals surface area contributed by atoms with Gasteiger partial charge in [-0.15, -0.1) is 0 Å². The first kappa shape index (κ1) is 17.8. The maximum atomic E-state index is 11.9. The van der Waals surface area contributed by atoms with Crippen LogP contribution in [-0.2, 0) is 0 Å². The summed E-state index contributed by atoms with van der Waals surface area (Å²) < 4.78 is 0. The molecule has 1 rings (SSSR count). The molecule has 21 heavy (non-hydrogen) atoms. The van der Waals surface area contributed by atoms with Crippen LogP contribution in [0.1, 0.15) is 68.6 Å². The van der Waals surface area contributed by atoms with E-state index >= 15 is 0 Å². The van der Waals surface area contributed by atoms with Gasteiger partial charge < -0.3 is 11.1 Å². The number of aromatic nitrogens is 1. The Morgan fingerprint density at radius 2 is 1.76 bits per heavy atom. The van der Waals surface area contributed by atoms with Crippen molar-refractivity contribution in [1.29, 1.82) is 0 Å². The molecule has 0 saturated carbocycles. The van der Waals surface area contributed by atoms with Crippen LogP contribution in [0.2, 0.25) is 5.15 Å². The molecule has 4 nitrogen and oxygen atoms in total. The fraction of sp³-hybridized carbons (Fsp3) is 0.625. The number of amides is 1. The average molecular weight is 312 g/mol. The van der Waals surface area contributed by atoms with Gasteiger partial charge in [0.05, 0.1) is 0 Å². The number of nitrogens with zero attached hydrogens (tertiary/aromatic N) is 1. The van der Waals surface area contributed by atoms with Crippen LogP contribution in [0, 0.1) is 0 Å². The van der Waals surface area contributed by atoms with Crippen LogP contribution in [0.15, 0.2) is 12.1 Å². The largest absolute Gasteiger partial charge is 0.384 e. The molecular formula is C16H26ClN3O. The number of anilines is 1. The molecule has 0 aromatic carbocycles. The number of rotatable bonds is 10. The molecule has 1 aromatic heterocycles. The summed E-state index contributed by atoms with van der Waals surface area (Å²) in [5.41, 5.74) is 6.03. The van der Waals surface area contributed by atoms with Crippen molar-refractivity contribution < 1.29 is 4.79 Å². The Kier molecular flexibility index (Phi) is 8.83. The molecule has 0 aliphatic carbocycles. The van der Waals surface area contributed by atoms with Gasteiger partial charge in [-0.1, -0.05) is 63.5 Å². The van der Waals surface area contributed by atoms with Crippen LogP contribution in [-0.4, -0.2) is 17.4 Å². The van der Waals surface area contributed by atoms with Gasteiger partial charge in [-0.3, -0.25) is 4.79 Å². The average Bonchev–Trinajstić information content (AvgIpc) is 2.44. The molecule has 0 bridgehead atoms. The van der Waals surface area contributed by atoms with E-state index in [4.69, 9.17) is 17.3 Å². The predicted molar refractivity (Wildman–Crippen MR) is 88.6 cm³/mol. The molecule has 118 valence electrons. The molecule has 1 amide bonds. The fourth-order valence-corrected chi connectivity index (χ4v) is 2.43. The van der Waals surface area contributed by atoms with E-state index in [0.717, 1.165) is 12.8 Å². The summed E-state index contributed by atoms with van der Waals surface area (Å²) in [6, 6.07) is 3.07. The third-order valence-corrected chi connectivity index (χ3v) is 3.59. The first-order valence-electron chi connectivity index (χ1n) is 7.84. The number of carbonyl (C=O) groups is 1. The smallest absolute Gasteiger partial charge is 0.251 e. The maximum Gasteiger partial charge on any atom is 0.251 e. The molecule has 0 radical (unpaired) electrons. The van der Waals surface area contributed by atoms with E-state index < -0.39 is 0 Å². The van der Waals surface area contributed by atoms with Gasteiger partial charge in [-0.05, 0) is 18.6 Å². The summed E-state index contributed by atoms with van der Waals surface area (Å²) in [5.74, 6) is 0.119. The van der Waals surface area contributed by atoms with Gasteiger partial charge in [0.15, 0.2) is 0 Å². The summed E-state index contributed by atoms with van der Waals surface area (Å²) in [4.78, 5) is 15.7. The molecule has 1 heterocycles. The minimum Gasteiger partial charge on any atom is -0.384 e. The summed E-state index contributed by atoms with van der Waals surface area (Å²) in [5, 5.41) is 3.13. The number of hydrogen-bond acceptors (Lipinski definition) is 3. The number of carbonyl (C=O) groups excluding carboxylic acids is 1. The lowest BCUT2D eigenvalue weighted by Crippen LogP contribution is -2.24. The van der Waals surface area contributed by atoms with Crippen molar-refractivity contribution in [3.8, 4) is 0 Å². The van der Waals surface area contributed by atoms with Gasteiger partial charge in [0, 0.05) is 12.1 Å². The Labute approximate surface area is 132 Å². The van der Waals surface area contributed by atoms with E-state index in [1.807, 2.05) is 0 Å². The summed E-state index contributed by atoms with van der Waals surface area (Å²) in [7, 11) is 0. The predicted octanol–water partition coefficient (Wildman–Crippen LogP) is 4.19.